The molecule has 1 aromatic heterocycles. The molecule has 246 valence electrons. The molecule has 1 fully saturated rings. The van der Waals surface area contributed by atoms with Crippen molar-refractivity contribution in [1.29, 1.82) is 0 Å². The highest BCUT2D eigenvalue weighted by molar-refractivity contribution is 7.91. The number of aryl methyl sites for hydroxylation is 1. The summed E-state index contributed by atoms with van der Waals surface area (Å²) in [6.07, 6.45) is 8.92. The summed E-state index contributed by atoms with van der Waals surface area (Å²) in [7, 11) is -3.81. The average Bonchev–Trinajstić information content (AvgIpc) is 3.69. The smallest absolute Gasteiger partial charge is 0.342 e. The number of nitrogens with zero attached hydrogens (tertiary/aromatic N) is 3. The maximum absolute atomic E-state index is 14.5. The van der Waals surface area contributed by atoms with Gasteiger partial charge in [-0.15, -0.1) is 6.42 Å². The van der Waals surface area contributed by atoms with Crippen LogP contribution in [0.4, 0.5) is 13.6 Å². The van der Waals surface area contributed by atoms with Crippen molar-refractivity contribution in [2.24, 2.45) is 5.73 Å². The number of aromatic nitrogens is 2. The van der Waals surface area contributed by atoms with Crippen molar-refractivity contribution in [1.82, 2.24) is 20.0 Å². The standard InChI is InChI=1S/C33H39F2N5O5S/c1-4-6-12-46(44,45)21-29(38-32(43)40-19-22(3)18-37-40)31(42)39(33(10-11-33)25-9-7-8-23(5-2)13-25)20-30(41)28(36)16-24-14-26(34)17-27(35)15-24/h2,7-9,13-15,17-19,28-30,41H,4,6,10-12,16,20-21,36H2,1,3H3,(H,38,43)/t28-,29+,30+/m0/s1. The number of amides is 2. The fourth-order valence-electron chi connectivity index (χ4n) is 5.47. The number of nitrogens with two attached hydrogens (primary N) is 1. The average molecular weight is 656 g/mol. The molecule has 0 unspecified atom stereocenters. The number of carbonyl (C=O) groups excluding carboxylic acids is 2. The van der Waals surface area contributed by atoms with Gasteiger partial charge in [0.2, 0.25) is 5.91 Å². The summed E-state index contributed by atoms with van der Waals surface area (Å²) in [6, 6.07) is 6.53. The van der Waals surface area contributed by atoms with Crippen LogP contribution in [-0.2, 0) is 26.6 Å². The lowest BCUT2D eigenvalue weighted by atomic mass is 9.97. The molecule has 2 aromatic carbocycles. The minimum atomic E-state index is -3.81. The highest BCUT2D eigenvalue weighted by atomic mass is 32.2. The number of terminal acetylenes is 1. The number of carbonyl (C=O) groups is 2. The number of rotatable bonds is 14. The summed E-state index contributed by atoms with van der Waals surface area (Å²) in [6.45, 7) is 3.20. The molecule has 1 heterocycles. The minimum absolute atomic E-state index is 0.109. The molecule has 46 heavy (non-hydrogen) atoms. The van der Waals surface area contributed by atoms with Crippen LogP contribution in [0.15, 0.2) is 54.9 Å². The minimum Gasteiger partial charge on any atom is -0.390 e. The van der Waals surface area contributed by atoms with Crippen LogP contribution in [0, 0.1) is 30.9 Å². The van der Waals surface area contributed by atoms with Crippen LogP contribution >= 0.6 is 0 Å². The summed E-state index contributed by atoms with van der Waals surface area (Å²) in [5, 5.41) is 17.8. The van der Waals surface area contributed by atoms with Crippen molar-refractivity contribution in [3.05, 3.63) is 88.7 Å². The van der Waals surface area contributed by atoms with Gasteiger partial charge in [0.1, 0.15) is 17.7 Å². The Labute approximate surface area is 267 Å². The number of hydrogen-bond donors (Lipinski definition) is 3. The van der Waals surface area contributed by atoms with Crippen LogP contribution in [0.5, 0.6) is 0 Å². The van der Waals surface area contributed by atoms with Gasteiger partial charge in [-0.05, 0) is 73.6 Å². The van der Waals surface area contributed by atoms with Crippen LogP contribution < -0.4 is 11.1 Å². The van der Waals surface area contributed by atoms with E-state index in [0.717, 1.165) is 22.9 Å². The number of sulfone groups is 1. The number of aliphatic hydroxyl groups excluding tert-OH is 1. The van der Waals surface area contributed by atoms with Crippen molar-refractivity contribution < 1.29 is 31.9 Å². The Morgan fingerprint density at radius 1 is 1.22 bits per heavy atom. The SMILES string of the molecule is C#Cc1cccc(C2(N(C[C@@H](O)[C@@H](N)Cc3cc(F)cc(F)c3)C(=O)[C@@H](CS(=O)(=O)CCCC)NC(=O)n3cc(C)cn3)CC2)c1. The summed E-state index contributed by atoms with van der Waals surface area (Å²) >= 11 is 0. The molecule has 10 nitrogen and oxygen atoms in total. The number of aliphatic hydroxyl groups is 1. The van der Waals surface area contributed by atoms with Crippen LogP contribution in [0.2, 0.25) is 0 Å². The zero-order valence-corrected chi connectivity index (χ0v) is 26.6. The molecule has 2 amide bonds. The Kier molecular flexibility index (Phi) is 11.0. The van der Waals surface area contributed by atoms with Gasteiger partial charge >= 0.3 is 6.03 Å². The molecule has 0 aliphatic heterocycles. The predicted octanol–water partition coefficient (Wildman–Crippen LogP) is 3.04. The van der Waals surface area contributed by atoms with Gasteiger partial charge in [-0.1, -0.05) is 31.4 Å². The van der Waals surface area contributed by atoms with Gasteiger partial charge < -0.3 is 21.1 Å². The largest absolute Gasteiger partial charge is 0.390 e. The first-order valence-corrected chi connectivity index (χ1v) is 16.9. The molecule has 3 aromatic rings. The third kappa shape index (κ3) is 8.57. The van der Waals surface area contributed by atoms with Gasteiger partial charge in [0.05, 0.1) is 29.3 Å². The molecule has 4 N–H and O–H groups in total. The third-order valence-corrected chi connectivity index (χ3v) is 9.83. The molecular formula is C33H39F2N5O5S. The van der Waals surface area contributed by atoms with Crippen LogP contribution in [0.25, 0.3) is 0 Å². The molecular weight excluding hydrogens is 616 g/mol. The number of halogens is 2. The van der Waals surface area contributed by atoms with Crippen LogP contribution in [0.3, 0.4) is 0 Å². The molecule has 1 aliphatic rings. The van der Waals surface area contributed by atoms with Gasteiger partial charge in [-0.3, -0.25) is 4.79 Å². The normalized spacial score (nSPS) is 15.8. The number of nitrogens with one attached hydrogen (secondary N) is 1. The second-order valence-corrected chi connectivity index (χ2v) is 14.1. The van der Waals surface area contributed by atoms with E-state index in [1.54, 1.807) is 31.2 Å². The van der Waals surface area contributed by atoms with Crippen LogP contribution in [-0.4, -0.2) is 76.4 Å². The molecule has 13 heteroatoms. The monoisotopic (exact) mass is 655 g/mol. The predicted molar refractivity (Wildman–Crippen MR) is 169 cm³/mol. The van der Waals surface area contributed by atoms with Gasteiger partial charge in [0.15, 0.2) is 9.84 Å². The third-order valence-electron chi connectivity index (χ3n) is 8.08. The molecule has 1 saturated carbocycles. The first-order chi connectivity index (χ1) is 21.8. The topological polar surface area (TPSA) is 148 Å². The zero-order valence-electron chi connectivity index (χ0n) is 25.8. The van der Waals surface area contributed by atoms with E-state index in [0.29, 0.717) is 42.4 Å². The lowest BCUT2D eigenvalue weighted by Gasteiger charge is -2.38. The van der Waals surface area contributed by atoms with Gasteiger partial charge in [0, 0.05) is 30.4 Å². The highest BCUT2D eigenvalue weighted by Crippen LogP contribution is 2.51. The van der Waals surface area contributed by atoms with Gasteiger partial charge in [-0.2, -0.15) is 9.78 Å². The van der Waals surface area contributed by atoms with E-state index in [4.69, 9.17) is 12.2 Å². The van der Waals surface area contributed by atoms with Crippen molar-refractivity contribution in [2.75, 3.05) is 18.1 Å². The highest BCUT2D eigenvalue weighted by Gasteiger charge is 2.53. The van der Waals surface area contributed by atoms with Crippen molar-refractivity contribution in [2.45, 2.75) is 69.7 Å². The summed E-state index contributed by atoms with van der Waals surface area (Å²) in [5.41, 5.74) is 7.44. The fraction of sp³-hybridized carbons (Fsp3) is 0.424. The second-order valence-electron chi connectivity index (χ2n) is 11.9. The van der Waals surface area contributed by atoms with Crippen molar-refractivity contribution >= 4 is 21.8 Å². The molecule has 0 saturated heterocycles. The molecule has 0 radical (unpaired) electrons. The number of benzene rings is 2. The molecule has 4 rings (SSSR count). The Bertz CT molecular complexity index is 1700. The number of hydrogen-bond acceptors (Lipinski definition) is 7. The lowest BCUT2D eigenvalue weighted by Crippen LogP contribution is -2.58. The maximum Gasteiger partial charge on any atom is 0.342 e. The Morgan fingerprint density at radius 3 is 2.50 bits per heavy atom. The summed E-state index contributed by atoms with van der Waals surface area (Å²) < 4.78 is 55.0. The Morgan fingerprint density at radius 2 is 1.91 bits per heavy atom. The first-order valence-electron chi connectivity index (χ1n) is 15.1. The fourth-order valence-corrected chi connectivity index (χ4v) is 7.10. The van der Waals surface area contributed by atoms with Crippen LogP contribution in [0.1, 0.15) is 54.9 Å². The van der Waals surface area contributed by atoms with E-state index < -0.39 is 62.9 Å². The second kappa shape index (κ2) is 14.5. The van der Waals surface area contributed by atoms with E-state index in [1.807, 2.05) is 6.92 Å². The van der Waals surface area contributed by atoms with E-state index >= 15 is 0 Å². The van der Waals surface area contributed by atoms with Gasteiger partial charge in [0.25, 0.3) is 0 Å². The van der Waals surface area contributed by atoms with E-state index in [-0.39, 0.29) is 24.3 Å². The quantitative estimate of drug-likeness (QED) is 0.226. The van der Waals surface area contributed by atoms with Crippen molar-refractivity contribution in [3.63, 3.8) is 0 Å². The van der Waals surface area contributed by atoms with E-state index in [2.05, 4.69) is 16.3 Å². The number of unbranched alkanes of at least 4 members (excludes halogenated alkanes) is 1. The maximum atomic E-state index is 14.5. The summed E-state index contributed by atoms with van der Waals surface area (Å²) in [4.78, 5) is 29.0. The zero-order chi connectivity index (χ0) is 33.6. The molecule has 3 atom stereocenters. The molecule has 0 bridgehead atoms. The van der Waals surface area contributed by atoms with Crippen molar-refractivity contribution in [3.8, 4) is 12.3 Å². The lowest BCUT2D eigenvalue weighted by molar-refractivity contribution is -0.138. The molecule has 0 spiro atoms. The van der Waals surface area contributed by atoms with E-state index in [1.165, 1.54) is 17.3 Å². The Hall–Kier alpha value is -4.12. The Balaban J connectivity index is 1.71. The van der Waals surface area contributed by atoms with E-state index in [9.17, 15) is 31.9 Å². The summed E-state index contributed by atoms with van der Waals surface area (Å²) in [5.74, 6) is -0.635. The first kappa shape index (κ1) is 34.7. The molecule has 1 aliphatic carbocycles. The van der Waals surface area contributed by atoms with Gasteiger partial charge in [-0.25, -0.2) is 22.0 Å².